The zero-order valence-electron chi connectivity index (χ0n) is 6.57. The van der Waals surface area contributed by atoms with Crippen LogP contribution in [0.25, 0.3) is 0 Å². The van der Waals surface area contributed by atoms with Crippen molar-refractivity contribution in [1.29, 1.82) is 0 Å². The molecular weight excluding hydrogens is 190 g/mol. The molecule has 0 radical (unpaired) electrons. The van der Waals surface area contributed by atoms with Crippen LogP contribution in [0.2, 0.25) is 0 Å². The molecule has 0 aliphatic rings. The maximum atomic E-state index is 10.8. The van der Waals surface area contributed by atoms with Gasteiger partial charge in [0, 0.05) is 27.2 Å². The summed E-state index contributed by atoms with van der Waals surface area (Å²) in [5, 5.41) is 0. The van der Waals surface area contributed by atoms with Crippen LogP contribution in [-0.4, -0.2) is 39.9 Å². The van der Waals surface area contributed by atoms with E-state index in [9.17, 15) is 8.42 Å². The molecule has 0 aromatic rings. The minimum Gasteiger partial charge on any atom is -0.329 e. The number of rotatable bonds is 4. The molecule has 0 bridgehead atoms. The molecule has 0 aromatic carbocycles. The molecule has 7 heteroatoms. The average Bonchev–Trinajstić information content (AvgIpc) is 1.84. The van der Waals surface area contributed by atoms with Crippen LogP contribution in [0.15, 0.2) is 0 Å². The molecule has 5 nitrogen and oxygen atoms in total. The summed E-state index contributed by atoms with van der Waals surface area (Å²) in [4.78, 5) is 0. The summed E-state index contributed by atoms with van der Waals surface area (Å²) < 4.78 is 25.1. The van der Waals surface area contributed by atoms with Crippen molar-refractivity contribution in [1.82, 2.24) is 9.03 Å². The zero-order chi connectivity index (χ0) is 8.20. The van der Waals surface area contributed by atoms with Crippen molar-refractivity contribution in [3.05, 3.63) is 0 Å². The fourth-order valence-corrected chi connectivity index (χ4v) is 0.951. The Morgan fingerprint density at radius 3 is 2.18 bits per heavy atom. The van der Waals surface area contributed by atoms with Crippen molar-refractivity contribution >= 4 is 22.6 Å². The van der Waals surface area contributed by atoms with E-state index in [0.29, 0.717) is 6.54 Å². The summed E-state index contributed by atoms with van der Waals surface area (Å²) in [6, 6.07) is 0. The lowest BCUT2D eigenvalue weighted by atomic mass is 10.7. The molecule has 11 heavy (non-hydrogen) atoms. The Morgan fingerprint density at radius 2 is 1.91 bits per heavy atom. The largest absolute Gasteiger partial charge is 0.329 e. The van der Waals surface area contributed by atoms with Gasteiger partial charge in [0.15, 0.2) is 0 Å². The second kappa shape index (κ2) is 5.73. The summed E-state index contributed by atoms with van der Waals surface area (Å²) in [5.74, 6) is 0. The highest BCUT2D eigenvalue weighted by molar-refractivity contribution is 7.87. The molecule has 0 saturated heterocycles. The minimum atomic E-state index is -3.26. The van der Waals surface area contributed by atoms with Gasteiger partial charge in [-0.1, -0.05) is 0 Å². The summed E-state index contributed by atoms with van der Waals surface area (Å²) in [6.45, 7) is 0.591. The van der Waals surface area contributed by atoms with E-state index in [1.807, 2.05) is 0 Å². The van der Waals surface area contributed by atoms with E-state index in [1.165, 1.54) is 14.1 Å². The third-order valence-corrected chi connectivity index (χ3v) is 2.44. The van der Waals surface area contributed by atoms with Crippen molar-refractivity contribution in [2.45, 2.75) is 0 Å². The second-order valence-corrected chi connectivity index (χ2v) is 3.94. The molecule has 0 aliphatic heterocycles. The lowest BCUT2D eigenvalue weighted by Gasteiger charge is -2.10. The molecule has 0 aliphatic carbocycles. The summed E-state index contributed by atoms with van der Waals surface area (Å²) >= 11 is 0. The SMILES string of the molecule is CN(C)S(=O)(=O)NCCN.Cl. The third-order valence-electron chi connectivity index (χ3n) is 0.910. The van der Waals surface area contributed by atoms with Crippen LogP contribution >= 0.6 is 12.4 Å². The maximum absolute atomic E-state index is 10.8. The predicted molar refractivity (Wildman–Crippen MR) is 46.9 cm³/mol. The molecule has 0 saturated carbocycles. The zero-order valence-corrected chi connectivity index (χ0v) is 8.20. The van der Waals surface area contributed by atoms with Gasteiger partial charge in [0.2, 0.25) is 0 Å². The average molecular weight is 204 g/mol. The lowest BCUT2D eigenvalue weighted by molar-refractivity contribution is 0.506. The fraction of sp³-hybridized carbons (Fsp3) is 1.00. The molecule has 70 valence electrons. The molecule has 0 aromatic heterocycles. The van der Waals surface area contributed by atoms with E-state index in [1.54, 1.807) is 0 Å². The number of nitrogens with two attached hydrogens (primary N) is 1. The molecule has 0 amide bonds. The maximum Gasteiger partial charge on any atom is 0.278 e. The van der Waals surface area contributed by atoms with Crippen molar-refractivity contribution in [2.24, 2.45) is 5.73 Å². The van der Waals surface area contributed by atoms with Crippen LogP contribution < -0.4 is 10.5 Å². The van der Waals surface area contributed by atoms with Crippen LogP contribution in [0.5, 0.6) is 0 Å². The highest BCUT2D eigenvalue weighted by atomic mass is 35.5. The normalized spacial score (nSPS) is 11.3. The summed E-state index contributed by atoms with van der Waals surface area (Å²) in [5.41, 5.74) is 5.09. The van der Waals surface area contributed by atoms with E-state index < -0.39 is 10.2 Å². The third kappa shape index (κ3) is 5.40. The number of hydrogen-bond acceptors (Lipinski definition) is 3. The van der Waals surface area contributed by atoms with Gasteiger partial charge in [-0.2, -0.15) is 12.7 Å². The van der Waals surface area contributed by atoms with Crippen molar-refractivity contribution in [3.8, 4) is 0 Å². The first kappa shape index (κ1) is 13.7. The molecule has 0 atom stereocenters. The number of nitrogens with zero attached hydrogens (tertiary/aromatic N) is 1. The molecule has 3 N–H and O–H groups in total. The topological polar surface area (TPSA) is 75.4 Å². The van der Waals surface area contributed by atoms with Crippen molar-refractivity contribution in [3.63, 3.8) is 0 Å². The van der Waals surface area contributed by atoms with Gasteiger partial charge >= 0.3 is 0 Å². The van der Waals surface area contributed by atoms with Gasteiger partial charge in [-0.25, -0.2) is 4.72 Å². The van der Waals surface area contributed by atoms with Crippen molar-refractivity contribution < 1.29 is 8.42 Å². The Balaban J connectivity index is 0. The first-order valence-corrected chi connectivity index (χ1v) is 4.32. The highest BCUT2D eigenvalue weighted by Crippen LogP contribution is 1.85. The predicted octanol–water partition coefficient (Wildman–Crippen LogP) is -1.24. The first-order chi connectivity index (χ1) is 4.50. The van der Waals surface area contributed by atoms with Gasteiger partial charge < -0.3 is 5.73 Å². The summed E-state index contributed by atoms with van der Waals surface area (Å²) in [7, 11) is -0.343. The van der Waals surface area contributed by atoms with Crippen LogP contribution in [0, 0.1) is 0 Å². The van der Waals surface area contributed by atoms with E-state index in [2.05, 4.69) is 4.72 Å². The van der Waals surface area contributed by atoms with Gasteiger partial charge in [-0.15, -0.1) is 12.4 Å². The van der Waals surface area contributed by atoms with Gasteiger partial charge in [-0.3, -0.25) is 0 Å². The van der Waals surface area contributed by atoms with Crippen LogP contribution in [0.1, 0.15) is 0 Å². The van der Waals surface area contributed by atoms with E-state index in [-0.39, 0.29) is 19.0 Å². The first-order valence-electron chi connectivity index (χ1n) is 2.88. The Morgan fingerprint density at radius 1 is 1.45 bits per heavy atom. The fourth-order valence-electron chi connectivity index (χ4n) is 0.317. The van der Waals surface area contributed by atoms with Gasteiger partial charge in [0.25, 0.3) is 10.2 Å². The minimum absolute atomic E-state index is 0. The highest BCUT2D eigenvalue weighted by Gasteiger charge is 2.09. The van der Waals surface area contributed by atoms with Crippen LogP contribution in [0.3, 0.4) is 0 Å². The van der Waals surface area contributed by atoms with E-state index >= 15 is 0 Å². The smallest absolute Gasteiger partial charge is 0.278 e. The number of halogens is 1. The van der Waals surface area contributed by atoms with Gasteiger partial charge in [-0.05, 0) is 0 Å². The van der Waals surface area contributed by atoms with Crippen LogP contribution in [0.4, 0.5) is 0 Å². The Hall–Kier alpha value is 0.120. The van der Waals surface area contributed by atoms with Gasteiger partial charge in [0.05, 0.1) is 0 Å². The quantitative estimate of drug-likeness (QED) is 0.601. The second-order valence-electron chi connectivity index (χ2n) is 1.97. The monoisotopic (exact) mass is 203 g/mol. The number of nitrogens with one attached hydrogen (secondary N) is 1. The van der Waals surface area contributed by atoms with Crippen molar-refractivity contribution in [2.75, 3.05) is 27.2 Å². The van der Waals surface area contributed by atoms with Gasteiger partial charge in [0.1, 0.15) is 0 Å². The van der Waals surface area contributed by atoms with E-state index in [4.69, 9.17) is 5.73 Å². The Bertz CT molecular complexity index is 180. The van der Waals surface area contributed by atoms with E-state index in [0.717, 1.165) is 4.31 Å². The number of hydrogen-bond donors (Lipinski definition) is 2. The molecule has 0 unspecified atom stereocenters. The summed E-state index contributed by atoms with van der Waals surface area (Å²) in [6.07, 6.45) is 0. The molecule has 0 spiro atoms. The lowest BCUT2D eigenvalue weighted by Crippen LogP contribution is -2.38. The molecule has 0 rings (SSSR count). The Labute approximate surface area is 73.5 Å². The van der Waals surface area contributed by atoms with Crippen LogP contribution in [-0.2, 0) is 10.2 Å². The molecule has 0 heterocycles. The molecular formula is C4H14ClN3O2S. The standard InChI is InChI=1S/C4H13N3O2S.ClH/c1-7(2)10(8,9)6-4-3-5;/h6H,3-5H2,1-2H3;1H. The molecule has 0 fully saturated rings. The Kier molecular flexibility index (Phi) is 7.13.